The summed E-state index contributed by atoms with van der Waals surface area (Å²) in [6, 6.07) is 20.2. The van der Waals surface area contributed by atoms with Gasteiger partial charge in [0.15, 0.2) is 0 Å². The Morgan fingerprint density at radius 3 is 2.50 bits per heavy atom. The van der Waals surface area contributed by atoms with Gasteiger partial charge in [0.1, 0.15) is 15.6 Å². The second-order valence-corrected chi connectivity index (χ2v) is 7.56. The third kappa shape index (κ3) is 4.31. The van der Waals surface area contributed by atoms with Gasteiger partial charge in [-0.15, -0.1) is 11.3 Å². The summed E-state index contributed by atoms with van der Waals surface area (Å²) < 4.78 is 5.23. The number of anilines is 1. The summed E-state index contributed by atoms with van der Waals surface area (Å²) in [7, 11) is 0. The van der Waals surface area contributed by atoms with E-state index in [4.69, 9.17) is 4.42 Å². The maximum Gasteiger partial charge on any atom is 0.267 e. The number of rotatable bonds is 6. The summed E-state index contributed by atoms with van der Waals surface area (Å²) in [6.07, 6.45) is 1.55. The average molecular weight is 417 g/mol. The van der Waals surface area contributed by atoms with Crippen molar-refractivity contribution < 1.29 is 14.0 Å². The monoisotopic (exact) mass is 417 g/mol. The fourth-order valence-electron chi connectivity index (χ4n) is 2.96. The Balaban J connectivity index is 1.51. The minimum absolute atomic E-state index is 0.266. The molecule has 0 aliphatic rings. The van der Waals surface area contributed by atoms with Crippen molar-refractivity contribution in [3.63, 3.8) is 0 Å². The first-order valence-electron chi connectivity index (χ1n) is 9.35. The van der Waals surface area contributed by atoms with Crippen molar-refractivity contribution in [1.82, 2.24) is 10.3 Å². The number of carbonyl (C=O) groups excluding carboxylic acids is 2. The molecule has 0 fully saturated rings. The van der Waals surface area contributed by atoms with E-state index in [9.17, 15) is 9.59 Å². The van der Waals surface area contributed by atoms with Gasteiger partial charge in [-0.25, -0.2) is 4.98 Å². The summed E-state index contributed by atoms with van der Waals surface area (Å²) in [6.45, 7) is 2.07. The number of hydrogen-bond donors (Lipinski definition) is 2. The normalized spacial score (nSPS) is 10.6. The number of carbonyl (C=O) groups is 2. The lowest BCUT2D eigenvalue weighted by Crippen LogP contribution is -2.24. The van der Waals surface area contributed by atoms with Crippen molar-refractivity contribution in [2.75, 3.05) is 5.32 Å². The highest BCUT2D eigenvalue weighted by atomic mass is 32.1. The van der Waals surface area contributed by atoms with Crippen LogP contribution in [0.4, 0.5) is 5.69 Å². The van der Waals surface area contributed by atoms with Crippen LogP contribution in [0.5, 0.6) is 0 Å². The van der Waals surface area contributed by atoms with Crippen molar-refractivity contribution in [2.24, 2.45) is 0 Å². The minimum Gasteiger partial charge on any atom is -0.467 e. The Morgan fingerprint density at radius 1 is 0.967 bits per heavy atom. The van der Waals surface area contributed by atoms with Crippen LogP contribution in [0.25, 0.3) is 10.6 Å². The highest BCUT2D eigenvalue weighted by molar-refractivity contribution is 7.17. The van der Waals surface area contributed by atoms with Gasteiger partial charge in [-0.2, -0.15) is 0 Å². The summed E-state index contributed by atoms with van der Waals surface area (Å²) in [5.41, 5.74) is 2.43. The molecule has 0 aliphatic heterocycles. The molecule has 0 aliphatic carbocycles. The van der Waals surface area contributed by atoms with Crippen LogP contribution < -0.4 is 10.6 Å². The van der Waals surface area contributed by atoms with Crippen LogP contribution in [-0.4, -0.2) is 16.8 Å². The Labute approximate surface area is 177 Å². The number of aromatic nitrogens is 1. The molecule has 0 spiro atoms. The third-order valence-electron chi connectivity index (χ3n) is 4.45. The Kier molecular flexibility index (Phi) is 5.72. The van der Waals surface area contributed by atoms with Crippen molar-refractivity contribution in [3.8, 4) is 10.6 Å². The van der Waals surface area contributed by atoms with Crippen LogP contribution in [0.15, 0.2) is 77.4 Å². The van der Waals surface area contributed by atoms with E-state index in [-0.39, 0.29) is 18.4 Å². The molecule has 4 aromatic rings. The maximum atomic E-state index is 12.9. The van der Waals surface area contributed by atoms with Crippen molar-refractivity contribution in [1.29, 1.82) is 0 Å². The predicted octanol–water partition coefficient (Wildman–Crippen LogP) is 4.89. The van der Waals surface area contributed by atoms with E-state index in [1.54, 1.807) is 49.6 Å². The molecule has 150 valence electrons. The molecule has 0 atom stereocenters. The van der Waals surface area contributed by atoms with Crippen molar-refractivity contribution in [3.05, 3.63) is 94.9 Å². The van der Waals surface area contributed by atoms with Crippen LogP contribution in [0, 0.1) is 6.92 Å². The molecule has 0 saturated carbocycles. The number of nitrogens with one attached hydrogen (secondary N) is 2. The maximum absolute atomic E-state index is 12.9. The van der Waals surface area contributed by atoms with E-state index >= 15 is 0 Å². The van der Waals surface area contributed by atoms with Gasteiger partial charge in [0, 0.05) is 5.56 Å². The Hall–Kier alpha value is -3.71. The van der Waals surface area contributed by atoms with Crippen LogP contribution in [0.1, 0.15) is 31.5 Å². The van der Waals surface area contributed by atoms with E-state index in [0.29, 0.717) is 27.6 Å². The van der Waals surface area contributed by atoms with Gasteiger partial charge in [0.2, 0.25) is 0 Å². The number of hydrogen-bond acceptors (Lipinski definition) is 5. The number of thiazole rings is 1. The highest BCUT2D eigenvalue weighted by Gasteiger charge is 2.19. The zero-order valence-corrected chi connectivity index (χ0v) is 17.0. The number of benzene rings is 2. The molecular formula is C23H19N3O3S. The zero-order valence-electron chi connectivity index (χ0n) is 16.2. The first kappa shape index (κ1) is 19.6. The second kappa shape index (κ2) is 8.75. The summed E-state index contributed by atoms with van der Waals surface area (Å²) >= 11 is 1.33. The lowest BCUT2D eigenvalue weighted by atomic mass is 10.1. The van der Waals surface area contributed by atoms with E-state index in [0.717, 1.165) is 10.6 Å². The smallest absolute Gasteiger partial charge is 0.267 e. The molecule has 2 amide bonds. The quantitative estimate of drug-likeness (QED) is 0.468. The van der Waals surface area contributed by atoms with Gasteiger partial charge >= 0.3 is 0 Å². The number of amides is 2. The molecule has 0 bridgehead atoms. The zero-order chi connectivity index (χ0) is 20.9. The molecular weight excluding hydrogens is 398 g/mol. The topological polar surface area (TPSA) is 84.2 Å². The van der Waals surface area contributed by atoms with E-state index < -0.39 is 0 Å². The standard InChI is InChI=1S/C23H19N3O3S/c1-15-20(30-23(25-15)16-8-3-2-4-9-16)22(28)26-19-12-6-5-11-18(19)21(27)24-14-17-10-7-13-29-17/h2-13H,14H2,1H3,(H,24,27)(H,26,28). The predicted molar refractivity (Wildman–Crippen MR) is 117 cm³/mol. The number of nitrogens with zero attached hydrogens (tertiary/aromatic N) is 1. The van der Waals surface area contributed by atoms with Crippen LogP contribution >= 0.6 is 11.3 Å². The van der Waals surface area contributed by atoms with Gasteiger partial charge in [-0.3, -0.25) is 9.59 Å². The first-order chi connectivity index (χ1) is 14.6. The number of aryl methyl sites for hydroxylation is 1. The molecule has 6 nitrogen and oxygen atoms in total. The SMILES string of the molecule is Cc1nc(-c2ccccc2)sc1C(=O)Nc1ccccc1C(=O)NCc1ccco1. The molecule has 0 unspecified atom stereocenters. The molecule has 0 radical (unpaired) electrons. The third-order valence-corrected chi connectivity index (χ3v) is 5.65. The van der Waals surface area contributed by atoms with Crippen molar-refractivity contribution in [2.45, 2.75) is 13.5 Å². The van der Waals surface area contributed by atoms with E-state index in [1.165, 1.54) is 11.3 Å². The molecule has 2 N–H and O–H groups in total. The molecule has 30 heavy (non-hydrogen) atoms. The van der Waals surface area contributed by atoms with Crippen LogP contribution in [0.3, 0.4) is 0 Å². The first-order valence-corrected chi connectivity index (χ1v) is 10.2. The van der Waals surface area contributed by atoms with E-state index in [1.807, 2.05) is 30.3 Å². The van der Waals surface area contributed by atoms with Gasteiger partial charge in [0.05, 0.1) is 29.8 Å². The molecule has 4 rings (SSSR count). The molecule has 2 heterocycles. The van der Waals surface area contributed by atoms with Gasteiger partial charge in [0.25, 0.3) is 11.8 Å². The van der Waals surface area contributed by atoms with Gasteiger partial charge in [-0.05, 0) is 31.2 Å². The van der Waals surface area contributed by atoms with Crippen LogP contribution in [0.2, 0.25) is 0 Å². The molecule has 2 aromatic carbocycles. The van der Waals surface area contributed by atoms with Gasteiger partial charge in [-0.1, -0.05) is 42.5 Å². The van der Waals surface area contributed by atoms with Crippen molar-refractivity contribution >= 4 is 28.8 Å². The Morgan fingerprint density at radius 2 is 1.73 bits per heavy atom. The van der Waals surface area contributed by atoms with Crippen LogP contribution in [-0.2, 0) is 6.54 Å². The fraction of sp³-hybridized carbons (Fsp3) is 0.0870. The number of furan rings is 1. The molecule has 0 saturated heterocycles. The fourth-order valence-corrected chi connectivity index (χ4v) is 3.92. The number of para-hydroxylation sites is 1. The Bertz CT molecular complexity index is 1170. The second-order valence-electron chi connectivity index (χ2n) is 6.56. The summed E-state index contributed by atoms with van der Waals surface area (Å²) in [5, 5.41) is 6.43. The summed E-state index contributed by atoms with van der Waals surface area (Å²) in [5.74, 6) is 0.0605. The molecule has 7 heteroatoms. The highest BCUT2D eigenvalue weighted by Crippen LogP contribution is 2.28. The largest absolute Gasteiger partial charge is 0.467 e. The van der Waals surface area contributed by atoms with Gasteiger partial charge < -0.3 is 15.1 Å². The minimum atomic E-state index is -0.298. The van der Waals surface area contributed by atoms with E-state index in [2.05, 4.69) is 15.6 Å². The lowest BCUT2D eigenvalue weighted by molar-refractivity contribution is 0.0949. The summed E-state index contributed by atoms with van der Waals surface area (Å²) in [4.78, 5) is 30.6. The lowest BCUT2D eigenvalue weighted by Gasteiger charge is -2.10. The molecule has 2 aromatic heterocycles. The average Bonchev–Trinajstić information content (AvgIpc) is 3.43.